The third-order valence-corrected chi connectivity index (χ3v) is 4.98. The molecule has 0 saturated heterocycles. The maximum Gasteiger partial charge on any atom is 0.280 e. The van der Waals surface area contributed by atoms with Crippen LogP contribution in [0.3, 0.4) is 0 Å². The number of primary amides is 1. The van der Waals surface area contributed by atoms with Gasteiger partial charge in [0.15, 0.2) is 5.71 Å². The Labute approximate surface area is 160 Å². The highest BCUT2D eigenvalue weighted by Crippen LogP contribution is 2.25. The zero-order valence-corrected chi connectivity index (χ0v) is 15.5. The molecule has 0 aromatic heterocycles. The Morgan fingerprint density at radius 2 is 1.86 bits per heavy atom. The molecule has 2 aromatic rings. The van der Waals surface area contributed by atoms with Gasteiger partial charge in [-0.1, -0.05) is 24.3 Å². The molecule has 1 aliphatic heterocycles. The number of nitrogens with zero attached hydrogens (tertiary/aromatic N) is 4. The lowest BCUT2D eigenvalue weighted by atomic mass is 10.2. The summed E-state index contributed by atoms with van der Waals surface area (Å²) in [6.07, 6.45) is 0. The fraction of sp³-hybridized carbons (Fsp3) is 0.118. The van der Waals surface area contributed by atoms with Gasteiger partial charge >= 0.3 is 0 Å². The number of carbonyl (C=O) groups is 2. The van der Waals surface area contributed by atoms with E-state index in [1.54, 1.807) is 37.3 Å². The maximum absolute atomic E-state index is 12.7. The topological polar surface area (TPSA) is 161 Å². The SMILES string of the molecule is Cc1ccc(/N=N/C2C(=O)N(c3ccccc3)N=C2C(N)=O)cc1S(N)(=O)=O. The Kier molecular flexibility index (Phi) is 5.03. The summed E-state index contributed by atoms with van der Waals surface area (Å²) in [4.78, 5) is 24.2. The largest absolute Gasteiger partial charge is 0.364 e. The van der Waals surface area contributed by atoms with Gasteiger partial charge in [-0.3, -0.25) is 9.59 Å². The number of benzene rings is 2. The van der Waals surface area contributed by atoms with Crippen LogP contribution < -0.4 is 15.9 Å². The van der Waals surface area contributed by atoms with E-state index in [2.05, 4.69) is 15.3 Å². The highest BCUT2D eigenvalue weighted by atomic mass is 32.2. The van der Waals surface area contributed by atoms with Gasteiger partial charge in [0, 0.05) is 0 Å². The fourth-order valence-electron chi connectivity index (χ4n) is 2.57. The van der Waals surface area contributed by atoms with Gasteiger partial charge in [-0.05, 0) is 36.8 Å². The molecule has 1 atom stereocenters. The molecule has 28 heavy (non-hydrogen) atoms. The smallest absolute Gasteiger partial charge is 0.280 e. The zero-order chi connectivity index (χ0) is 20.5. The van der Waals surface area contributed by atoms with Crippen molar-refractivity contribution in [3.63, 3.8) is 0 Å². The fourth-order valence-corrected chi connectivity index (χ4v) is 3.37. The van der Waals surface area contributed by atoms with Gasteiger partial charge < -0.3 is 5.73 Å². The molecule has 0 spiro atoms. The van der Waals surface area contributed by atoms with Crippen LogP contribution in [0.25, 0.3) is 0 Å². The first-order valence-corrected chi connectivity index (χ1v) is 9.55. The number of primary sulfonamides is 1. The molecule has 11 heteroatoms. The van der Waals surface area contributed by atoms with Crippen LogP contribution in [-0.2, 0) is 19.6 Å². The number of hydrogen-bond donors (Lipinski definition) is 2. The van der Waals surface area contributed by atoms with Crippen LogP contribution in [0.1, 0.15) is 5.56 Å². The molecule has 2 aromatic carbocycles. The van der Waals surface area contributed by atoms with Crippen molar-refractivity contribution in [2.45, 2.75) is 17.9 Å². The minimum atomic E-state index is -3.95. The second-order valence-electron chi connectivity index (χ2n) is 5.95. The summed E-state index contributed by atoms with van der Waals surface area (Å²) in [5.41, 5.74) is 6.07. The van der Waals surface area contributed by atoms with Crippen molar-refractivity contribution in [2.75, 3.05) is 5.01 Å². The highest BCUT2D eigenvalue weighted by molar-refractivity contribution is 7.89. The number of carbonyl (C=O) groups excluding carboxylic acids is 2. The summed E-state index contributed by atoms with van der Waals surface area (Å²) in [6.45, 7) is 1.58. The molecule has 0 fully saturated rings. The van der Waals surface area contributed by atoms with Crippen molar-refractivity contribution in [1.82, 2.24) is 0 Å². The van der Waals surface area contributed by atoms with Gasteiger partial charge in [-0.2, -0.15) is 20.3 Å². The Morgan fingerprint density at radius 3 is 2.46 bits per heavy atom. The quantitative estimate of drug-likeness (QED) is 0.716. The molecule has 4 N–H and O–H groups in total. The van der Waals surface area contributed by atoms with Crippen molar-refractivity contribution in [3.8, 4) is 0 Å². The molecule has 0 saturated carbocycles. The van der Waals surface area contributed by atoms with Crippen LogP contribution in [0.5, 0.6) is 0 Å². The summed E-state index contributed by atoms with van der Waals surface area (Å²) in [5, 5.41) is 17.9. The van der Waals surface area contributed by atoms with E-state index >= 15 is 0 Å². The zero-order valence-electron chi connectivity index (χ0n) is 14.7. The normalized spacial score (nSPS) is 17.2. The Balaban J connectivity index is 1.94. The number of hydrazone groups is 1. The molecule has 144 valence electrons. The molecule has 0 radical (unpaired) electrons. The Bertz CT molecular complexity index is 1110. The second kappa shape index (κ2) is 7.29. The number of anilines is 1. The third-order valence-electron chi connectivity index (χ3n) is 3.93. The summed E-state index contributed by atoms with van der Waals surface area (Å²) < 4.78 is 23.2. The van der Waals surface area contributed by atoms with Gasteiger partial charge in [0.1, 0.15) is 0 Å². The van der Waals surface area contributed by atoms with Crippen LogP contribution >= 0.6 is 0 Å². The molecule has 0 aliphatic carbocycles. The minimum absolute atomic E-state index is 0.114. The van der Waals surface area contributed by atoms with Gasteiger partial charge in [-0.25, -0.2) is 13.6 Å². The predicted octanol–water partition coefficient (Wildman–Crippen LogP) is 0.983. The van der Waals surface area contributed by atoms with E-state index in [9.17, 15) is 18.0 Å². The first-order chi connectivity index (χ1) is 13.2. The van der Waals surface area contributed by atoms with E-state index in [1.807, 2.05) is 0 Å². The van der Waals surface area contributed by atoms with Crippen LogP contribution in [-0.4, -0.2) is 32.0 Å². The summed E-state index contributed by atoms with van der Waals surface area (Å²) in [7, 11) is -3.95. The lowest BCUT2D eigenvalue weighted by Crippen LogP contribution is -2.35. The predicted molar refractivity (Wildman–Crippen MR) is 101 cm³/mol. The van der Waals surface area contributed by atoms with Crippen molar-refractivity contribution >= 4 is 38.9 Å². The average molecular weight is 400 g/mol. The van der Waals surface area contributed by atoms with E-state index in [-0.39, 0.29) is 16.3 Å². The highest BCUT2D eigenvalue weighted by Gasteiger charge is 2.40. The maximum atomic E-state index is 12.7. The number of rotatable bonds is 5. The summed E-state index contributed by atoms with van der Waals surface area (Å²) in [6, 6.07) is 11.3. The van der Waals surface area contributed by atoms with Crippen LogP contribution in [0.2, 0.25) is 0 Å². The van der Waals surface area contributed by atoms with Gasteiger partial charge in [0.2, 0.25) is 16.1 Å². The third kappa shape index (κ3) is 3.80. The molecular weight excluding hydrogens is 384 g/mol. The van der Waals surface area contributed by atoms with Crippen molar-refractivity contribution in [3.05, 3.63) is 54.1 Å². The molecule has 2 amide bonds. The van der Waals surface area contributed by atoms with Crippen LogP contribution in [0.4, 0.5) is 11.4 Å². The van der Waals surface area contributed by atoms with E-state index in [4.69, 9.17) is 10.9 Å². The summed E-state index contributed by atoms with van der Waals surface area (Å²) >= 11 is 0. The van der Waals surface area contributed by atoms with Gasteiger partial charge in [-0.15, -0.1) is 0 Å². The Morgan fingerprint density at radius 1 is 1.18 bits per heavy atom. The lowest BCUT2D eigenvalue weighted by molar-refractivity contribution is -0.118. The standard InChI is InChI=1S/C17H16N6O4S/c1-10-7-8-11(9-13(10)28(19,26)27)20-21-15-14(16(18)24)22-23(17(15)25)12-5-3-2-4-6-12/h2-9,15H,1H3,(H2,18,24)(H2,19,26,27)/b21-20+. The molecule has 3 rings (SSSR count). The van der Waals surface area contributed by atoms with Crippen LogP contribution in [0.15, 0.2) is 68.8 Å². The number of amides is 2. The van der Waals surface area contributed by atoms with E-state index in [1.165, 1.54) is 18.2 Å². The van der Waals surface area contributed by atoms with Crippen molar-refractivity contribution in [2.24, 2.45) is 26.2 Å². The second-order valence-corrected chi connectivity index (χ2v) is 7.48. The number of hydrogen-bond acceptors (Lipinski definition) is 7. The monoisotopic (exact) mass is 400 g/mol. The van der Waals surface area contributed by atoms with Crippen molar-refractivity contribution < 1.29 is 18.0 Å². The number of azo groups is 1. The molecule has 1 aliphatic rings. The molecule has 10 nitrogen and oxygen atoms in total. The lowest BCUT2D eigenvalue weighted by Gasteiger charge is -2.11. The molecule has 1 heterocycles. The van der Waals surface area contributed by atoms with E-state index < -0.39 is 27.9 Å². The first-order valence-electron chi connectivity index (χ1n) is 8.00. The number of para-hydroxylation sites is 1. The van der Waals surface area contributed by atoms with Crippen molar-refractivity contribution in [1.29, 1.82) is 0 Å². The average Bonchev–Trinajstić information content (AvgIpc) is 2.97. The van der Waals surface area contributed by atoms with E-state index in [0.29, 0.717) is 11.3 Å². The Hall–Kier alpha value is -3.44. The molecule has 0 bridgehead atoms. The van der Waals surface area contributed by atoms with Gasteiger partial charge in [0.25, 0.3) is 11.8 Å². The molecule has 1 unspecified atom stereocenters. The number of nitrogens with two attached hydrogens (primary N) is 2. The van der Waals surface area contributed by atoms with Crippen LogP contribution in [0, 0.1) is 6.92 Å². The summed E-state index contributed by atoms with van der Waals surface area (Å²) in [5.74, 6) is -1.52. The van der Waals surface area contributed by atoms with Gasteiger partial charge in [0.05, 0.1) is 16.3 Å². The minimum Gasteiger partial charge on any atom is -0.364 e. The van der Waals surface area contributed by atoms with E-state index in [0.717, 1.165) is 5.01 Å². The molecular formula is C17H16N6O4S. The first kappa shape index (κ1) is 19.3. The number of aryl methyl sites for hydroxylation is 1. The number of sulfonamides is 1.